The largest absolute Gasteiger partial charge is 2.00 e. The first kappa shape index (κ1) is 17.1. The summed E-state index contributed by atoms with van der Waals surface area (Å²) in [5.41, 5.74) is 1.26. The first-order valence-corrected chi connectivity index (χ1v) is 6.34. The Morgan fingerprint density at radius 3 is 1.89 bits per heavy atom. The third-order valence-electron chi connectivity index (χ3n) is 2.58. The first-order valence-electron chi connectivity index (χ1n) is 5.96. The predicted molar refractivity (Wildman–Crippen MR) is 77.1 cm³/mol. The van der Waals surface area contributed by atoms with Crippen molar-refractivity contribution in [3.05, 3.63) is 98.6 Å². The maximum atomic E-state index is 5.89. The summed E-state index contributed by atoms with van der Waals surface area (Å²) in [6, 6.07) is 7.99. The van der Waals surface area contributed by atoms with Gasteiger partial charge < -0.3 is 0 Å². The Morgan fingerprint density at radius 2 is 1.37 bits per heavy atom. The average molecular weight is 311 g/mol. The molecule has 2 saturated carbocycles. The summed E-state index contributed by atoms with van der Waals surface area (Å²) in [6.45, 7) is 0. The molecule has 0 N–H and O–H groups in total. The molecule has 0 unspecified atom stereocenters. The van der Waals surface area contributed by atoms with Crippen LogP contribution in [0.15, 0.2) is 24.3 Å². The molecule has 2 fully saturated rings. The average Bonchev–Trinajstić information content (AvgIpc) is 3.04. The van der Waals surface area contributed by atoms with Gasteiger partial charge in [0.1, 0.15) is 0 Å². The molecular formula is C17H15ClFe+2. The molecule has 1 aromatic rings. The Balaban J connectivity index is 0.000000256. The second-order valence-electron chi connectivity index (χ2n) is 4.06. The summed E-state index contributed by atoms with van der Waals surface area (Å²) >= 11 is 5.89. The monoisotopic (exact) mass is 310 g/mol. The summed E-state index contributed by atoms with van der Waals surface area (Å²) in [6.07, 6.45) is 19.3. The minimum absolute atomic E-state index is 0. The van der Waals surface area contributed by atoms with Crippen molar-refractivity contribution in [2.75, 3.05) is 0 Å². The Morgan fingerprint density at radius 1 is 0.789 bits per heavy atom. The van der Waals surface area contributed by atoms with Gasteiger partial charge in [-0.3, -0.25) is 0 Å². The Hall–Kier alpha value is 0.0295. The van der Waals surface area contributed by atoms with Gasteiger partial charge in [-0.15, -0.1) is 0 Å². The minimum atomic E-state index is 0. The zero-order valence-electron chi connectivity index (χ0n) is 10.4. The van der Waals surface area contributed by atoms with E-state index in [0.29, 0.717) is 0 Å². The normalized spacial score (nSPS) is 18.6. The van der Waals surface area contributed by atoms with E-state index in [1.807, 2.05) is 50.3 Å². The van der Waals surface area contributed by atoms with Crippen molar-refractivity contribution in [3.63, 3.8) is 0 Å². The van der Waals surface area contributed by atoms with Crippen molar-refractivity contribution in [2.45, 2.75) is 6.42 Å². The van der Waals surface area contributed by atoms with E-state index in [-0.39, 0.29) is 17.1 Å². The minimum Gasteiger partial charge on any atom is -0.0843 e. The van der Waals surface area contributed by atoms with Crippen LogP contribution in [-0.4, -0.2) is 0 Å². The molecule has 0 saturated heterocycles. The molecule has 0 aromatic heterocycles. The second kappa shape index (κ2) is 9.86. The van der Waals surface area contributed by atoms with E-state index in [1.165, 1.54) is 11.5 Å². The Labute approximate surface area is 133 Å². The molecule has 0 bridgehead atoms. The van der Waals surface area contributed by atoms with Gasteiger partial charge in [0, 0.05) is 5.02 Å². The molecular weight excluding hydrogens is 295 g/mol. The number of benzene rings is 1. The van der Waals surface area contributed by atoms with Crippen LogP contribution in [0.1, 0.15) is 5.56 Å². The summed E-state index contributed by atoms with van der Waals surface area (Å²) < 4.78 is 0. The molecule has 0 spiro atoms. The number of halogens is 1. The van der Waals surface area contributed by atoms with Gasteiger partial charge in [0.2, 0.25) is 0 Å². The van der Waals surface area contributed by atoms with E-state index in [1.54, 1.807) is 0 Å². The molecule has 10 radical (unpaired) electrons. The van der Waals surface area contributed by atoms with Crippen LogP contribution in [0.3, 0.4) is 0 Å². The van der Waals surface area contributed by atoms with E-state index in [9.17, 15) is 0 Å². The van der Waals surface area contributed by atoms with Crippen LogP contribution < -0.4 is 0 Å². The van der Waals surface area contributed by atoms with Crippen molar-refractivity contribution < 1.29 is 17.1 Å². The van der Waals surface area contributed by atoms with Crippen LogP contribution in [0.2, 0.25) is 5.02 Å². The number of hydrogen-bond acceptors (Lipinski definition) is 0. The summed E-state index contributed by atoms with van der Waals surface area (Å²) in [5.74, 6) is 1.34. The third-order valence-corrected chi connectivity index (χ3v) is 2.82. The second-order valence-corrected chi connectivity index (χ2v) is 4.50. The Bertz CT molecular complexity index is 333. The predicted octanol–water partition coefficient (Wildman–Crippen LogP) is 4.31. The van der Waals surface area contributed by atoms with Gasteiger partial charge in [-0.1, -0.05) is 23.7 Å². The molecule has 0 heterocycles. The molecule has 3 rings (SSSR count). The van der Waals surface area contributed by atoms with Crippen LogP contribution in [0, 0.1) is 63.7 Å². The third kappa shape index (κ3) is 6.84. The number of hydrogen-bond donors (Lipinski definition) is 0. The molecule has 19 heavy (non-hydrogen) atoms. The Kier molecular flexibility index (Phi) is 8.86. The van der Waals surface area contributed by atoms with Gasteiger partial charge in [0.25, 0.3) is 0 Å². The maximum Gasteiger partial charge on any atom is 2.00 e. The summed E-state index contributed by atoms with van der Waals surface area (Å²) in [4.78, 5) is 0. The van der Waals surface area contributed by atoms with E-state index in [2.05, 4.69) is 31.7 Å². The molecule has 2 aliphatic carbocycles. The zero-order chi connectivity index (χ0) is 12.6. The van der Waals surface area contributed by atoms with Gasteiger partial charge >= 0.3 is 17.1 Å². The molecule has 2 aliphatic rings. The van der Waals surface area contributed by atoms with Gasteiger partial charge in [0.15, 0.2) is 0 Å². The van der Waals surface area contributed by atoms with Crippen LogP contribution in [0.5, 0.6) is 0 Å². The van der Waals surface area contributed by atoms with E-state index < -0.39 is 0 Å². The van der Waals surface area contributed by atoms with Gasteiger partial charge in [-0.05, 0) is 87.8 Å². The van der Waals surface area contributed by atoms with Crippen molar-refractivity contribution in [1.29, 1.82) is 0 Å². The van der Waals surface area contributed by atoms with E-state index in [4.69, 9.17) is 11.6 Å². The van der Waals surface area contributed by atoms with Crippen molar-refractivity contribution in [3.8, 4) is 0 Å². The SMILES string of the molecule is Clc1cccc(C[C]2[CH][CH][CH][CH]2)c1.[CH]1[CH][CH][CH][CH]1.[Fe+2]. The summed E-state index contributed by atoms with van der Waals surface area (Å²) in [5, 5.41) is 0.809. The van der Waals surface area contributed by atoms with Crippen molar-refractivity contribution in [1.82, 2.24) is 0 Å². The quantitative estimate of drug-likeness (QED) is 0.714. The van der Waals surface area contributed by atoms with E-state index >= 15 is 0 Å². The van der Waals surface area contributed by atoms with Crippen molar-refractivity contribution in [2.24, 2.45) is 0 Å². The van der Waals surface area contributed by atoms with Crippen molar-refractivity contribution >= 4 is 11.6 Å². The van der Waals surface area contributed by atoms with Crippen LogP contribution in [0.25, 0.3) is 0 Å². The van der Waals surface area contributed by atoms with Gasteiger partial charge in [0.05, 0.1) is 0 Å². The molecule has 0 aliphatic heterocycles. The standard InChI is InChI=1S/C12H10Cl.C5H5.Fe/c13-12-7-3-6-11(9-12)8-10-4-1-2-5-10;1-2-4-5-3-1;/h1-7,9H,8H2;1-5H;/q;;+2. The fraction of sp³-hybridized carbons (Fsp3) is 0.0588. The van der Waals surface area contributed by atoms with E-state index in [0.717, 1.165) is 11.4 Å². The molecule has 0 atom stereocenters. The van der Waals surface area contributed by atoms with Gasteiger partial charge in [-0.2, -0.15) is 0 Å². The van der Waals surface area contributed by atoms with Crippen LogP contribution >= 0.6 is 11.6 Å². The van der Waals surface area contributed by atoms with Crippen LogP contribution in [0.4, 0.5) is 0 Å². The maximum absolute atomic E-state index is 5.89. The molecule has 0 amide bonds. The zero-order valence-corrected chi connectivity index (χ0v) is 12.3. The molecule has 2 heteroatoms. The number of rotatable bonds is 2. The molecule has 96 valence electrons. The fourth-order valence-electron chi connectivity index (χ4n) is 1.74. The topological polar surface area (TPSA) is 0 Å². The first-order chi connectivity index (χ1) is 8.84. The van der Waals surface area contributed by atoms with Gasteiger partial charge in [-0.25, -0.2) is 0 Å². The molecule has 1 aromatic carbocycles. The summed E-state index contributed by atoms with van der Waals surface area (Å²) in [7, 11) is 0. The van der Waals surface area contributed by atoms with Crippen LogP contribution in [-0.2, 0) is 23.5 Å². The smallest absolute Gasteiger partial charge is 0.0843 e. The fourth-order valence-corrected chi connectivity index (χ4v) is 1.95. The molecule has 0 nitrogen and oxygen atoms in total.